The fourth-order valence-electron chi connectivity index (χ4n) is 2.94. The van der Waals surface area contributed by atoms with Gasteiger partial charge in [-0.2, -0.15) is 13.2 Å². The Balaban J connectivity index is 1.62. The Kier molecular flexibility index (Phi) is 5.24. The number of aliphatic imine (C=N–C) groups is 1. The summed E-state index contributed by atoms with van der Waals surface area (Å²) in [7, 11) is 0. The average Bonchev–Trinajstić information content (AvgIpc) is 3.08. The summed E-state index contributed by atoms with van der Waals surface area (Å²) in [5.41, 5.74) is 6.29. The van der Waals surface area contributed by atoms with Crippen LogP contribution in [0.4, 0.5) is 13.2 Å². The molecular weight excluding hydrogens is 363 g/mol. The topological polar surface area (TPSA) is 59.6 Å². The number of halogens is 3. The van der Waals surface area contributed by atoms with Crippen molar-refractivity contribution in [1.29, 1.82) is 0 Å². The molecule has 1 aliphatic heterocycles. The van der Waals surface area contributed by atoms with E-state index in [1.807, 2.05) is 12.3 Å². The number of hydrogen-bond donors (Lipinski definition) is 2. The number of fused-ring (bicyclic) bond motifs is 1. The SMILES string of the molecule is CC1(CNC(N)=NCc2cccc(C(F)(F)F)c2)OCCc2sccc21. The molecule has 4 nitrogen and oxygen atoms in total. The Labute approximate surface area is 153 Å². The van der Waals surface area contributed by atoms with Crippen molar-refractivity contribution >= 4 is 17.3 Å². The highest BCUT2D eigenvalue weighted by atomic mass is 32.1. The second-order valence-electron chi connectivity index (χ2n) is 6.34. The quantitative estimate of drug-likeness (QED) is 0.626. The van der Waals surface area contributed by atoms with Crippen molar-refractivity contribution in [3.63, 3.8) is 0 Å². The van der Waals surface area contributed by atoms with E-state index in [4.69, 9.17) is 10.5 Å². The maximum atomic E-state index is 12.7. The fourth-order valence-corrected chi connectivity index (χ4v) is 3.92. The molecule has 1 aromatic carbocycles. The maximum Gasteiger partial charge on any atom is 0.416 e. The Morgan fingerprint density at radius 1 is 1.38 bits per heavy atom. The van der Waals surface area contributed by atoms with E-state index in [2.05, 4.69) is 16.4 Å². The molecule has 8 heteroatoms. The van der Waals surface area contributed by atoms with Crippen molar-refractivity contribution in [1.82, 2.24) is 5.32 Å². The summed E-state index contributed by atoms with van der Waals surface area (Å²) in [4.78, 5) is 5.45. The number of ether oxygens (including phenoxy) is 1. The molecule has 0 fully saturated rings. The minimum absolute atomic E-state index is 0.0734. The molecule has 2 aromatic rings. The number of rotatable bonds is 4. The fraction of sp³-hybridized carbons (Fsp3) is 0.389. The first-order valence-corrected chi connectivity index (χ1v) is 9.07. The zero-order valence-corrected chi connectivity index (χ0v) is 15.1. The summed E-state index contributed by atoms with van der Waals surface area (Å²) in [5.74, 6) is 0.176. The summed E-state index contributed by atoms with van der Waals surface area (Å²) >= 11 is 1.71. The molecule has 3 rings (SSSR count). The molecule has 0 aliphatic carbocycles. The lowest BCUT2D eigenvalue weighted by Gasteiger charge is -2.34. The van der Waals surface area contributed by atoms with Crippen LogP contribution in [-0.4, -0.2) is 19.1 Å². The predicted octanol–water partition coefficient (Wildman–Crippen LogP) is 3.66. The van der Waals surface area contributed by atoms with Gasteiger partial charge in [0.25, 0.3) is 0 Å². The highest BCUT2D eigenvalue weighted by molar-refractivity contribution is 7.10. The molecule has 26 heavy (non-hydrogen) atoms. The van der Waals surface area contributed by atoms with Gasteiger partial charge in [0.15, 0.2) is 5.96 Å². The highest BCUT2D eigenvalue weighted by Crippen LogP contribution is 2.35. The van der Waals surface area contributed by atoms with Crippen LogP contribution < -0.4 is 11.1 Å². The average molecular weight is 383 g/mol. The standard InChI is InChI=1S/C18H20F3N3OS/c1-17(14-6-8-26-15(14)5-7-25-17)11-24-16(22)23-10-12-3-2-4-13(9-12)18(19,20)21/h2-4,6,8-9H,5,7,10-11H2,1H3,(H3,22,23,24). The maximum absolute atomic E-state index is 12.7. The van der Waals surface area contributed by atoms with E-state index >= 15 is 0 Å². The van der Waals surface area contributed by atoms with Crippen molar-refractivity contribution in [2.24, 2.45) is 10.7 Å². The first-order chi connectivity index (χ1) is 12.3. The molecule has 0 bridgehead atoms. The van der Waals surface area contributed by atoms with Gasteiger partial charge in [-0.05, 0) is 41.6 Å². The molecule has 1 atom stereocenters. The van der Waals surface area contributed by atoms with Gasteiger partial charge in [0.2, 0.25) is 0 Å². The zero-order chi connectivity index (χ0) is 18.8. The highest BCUT2D eigenvalue weighted by Gasteiger charge is 2.34. The van der Waals surface area contributed by atoms with Crippen molar-refractivity contribution in [2.75, 3.05) is 13.2 Å². The predicted molar refractivity (Wildman–Crippen MR) is 96.1 cm³/mol. The second-order valence-corrected chi connectivity index (χ2v) is 7.34. The van der Waals surface area contributed by atoms with E-state index in [1.165, 1.54) is 10.9 Å². The summed E-state index contributed by atoms with van der Waals surface area (Å²) in [6.07, 6.45) is -3.46. The summed E-state index contributed by atoms with van der Waals surface area (Å²) < 4.78 is 44.2. The molecule has 1 aromatic heterocycles. The first-order valence-electron chi connectivity index (χ1n) is 8.19. The molecule has 0 saturated heterocycles. The van der Waals surface area contributed by atoms with Crippen LogP contribution in [0.15, 0.2) is 40.7 Å². The molecule has 0 spiro atoms. The van der Waals surface area contributed by atoms with E-state index < -0.39 is 17.3 Å². The van der Waals surface area contributed by atoms with Crippen molar-refractivity contribution in [2.45, 2.75) is 31.7 Å². The minimum Gasteiger partial charge on any atom is -0.370 e. The van der Waals surface area contributed by atoms with E-state index in [0.717, 1.165) is 24.1 Å². The van der Waals surface area contributed by atoms with E-state index in [1.54, 1.807) is 17.4 Å². The lowest BCUT2D eigenvalue weighted by molar-refractivity contribution is -0.137. The lowest BCUT2D eigenvalue weighted by Crippen LogP contribution is -2.45. The van der Waals surface area contributed by atoms with Gasteiger partial charge in [0, 0.05) is 11.3 Å². The number of guanidine groups is 1. The molecule has 1 unspecified atom stereocenters. The van der Waals surface area contributed by atoms with Crippen molar-refractivity contribution < 1.29 is 17.9 Å². The van der Waals surface area contributed by atoms with Gasteiger partial charge >= 0.3 is 6.18 Å². The number of nitrogens with zero attached hydrogens (tertiary/aromatic N) is 1. The summed E-state index contributed by atoms with van der Waals surface area (Å²) in [5, 5.41) is 5.07. The van der Waals surface area contributed by atoms with Crippen LogP contribution in [0.3, 0.4) is 0 Å². The third kappa shape index (κ3) is 4.19. The molecule has 2 heterocycles. The van der Waals surface area contributed by atoms with Crippen LogP contribution in [0.2, 0.25) is 0 Å². The van der Waals surface area contributed by atoms with Crippen LogP contribution in [0.1, 0.15) is 28.5 Å². The number of nitrogens with one attached hydrogen (secondary N) is 1. The summed E-state index contributed by atoms with van der Waals surface area (Å²) in [6, 6.07) is 7.13. The van der Waals surface area contributed by atoms with E-state index in [-0.39, 0.29) is 12.5 Å². The Hall–Kier alpha value is -2.06. The van der Waals surface area contributed by atoms with Gasteiger partial charge < -0.3 is 15.8 Å². The monoisotopic (exact) mass is 383 g/mol. The Bertz CT molecular complexity index is 803. The molecule has 0 saturated carbocycles. The van der Waals surface area contributed by atoms with Gasteiger partial charge in [-0.3, -0.25) is 0 Å². The van der Waals surface area contributed by atoms with Crippen molar-refractivity contribution in [3.8, 4) is 0 Å². The normalized spacial score (nSPS) is 20.7. The molecule has 1 aliphatic rings. The third-order valence-electron chi connectivity index (χ3n) is 4.36. The zero-order valence-electron chi connectivity index (χ0n) is 14.3. The smallest absolute Gasteiger partial charge is 0.370 e. The minimum atomic E-state index is -4.37. The van der Waals surface area contributed by atoms with Gasteiger partial charge in [-0.15, -0.1) is 11.3 Å². The Morgan fingerprint density at radius 2 is 2.19 bits per heavy atom. The molecule has 3 N–H and O–H groups in total. The van der Waals surface area contributed by atoms with Gasteiger partial charge in [-0.1, -0.05) is 12.1 Å². The number of alkyl halides is 3. The van der Waals surface area contributed by atoms with E-state index in [9.17, 15) is 13.2 Å². The lowest BCUT2D eigenvalue weighted by atomic mass is 9.93. The third-order valence-corrected chi connectivity index (χ3v) is 5.34. The number of nitrogens with two attached hydrogens (primary N) is 1. The molecule has 140 valence electrons. The molecule has 0 radical (unpaired) electrons. The first kappa shape index (κ1) is 18.7. The molecular formula is C18H20F3N3OS. The molecule has 0 amide bonds. The van der Waals surface area contributed by atoms with Crippen molar-refractivity contribution in [3.05, 3.63) is 57.3 Å². The van der Waals surface area contributed by atoms with Gasteiger partial charge in [-0.25, -0.2) is 4.99 Å². The van der Waals surface area contributed by atoms with Gasteiger partial charge in [0.05, 0.1) is 25.3 Å². The number of benzene rings is 1. The van der Waals surface area contributed by atoms with Gasteiger partial charge in [0.1, 0.15) is 5.60 Å². The van der Waals surface area contributed by atoms with Crippen LogP contribution in [0.25, 0.3) is 0 Å². The van der Waals surface area contributed by atoms with E-state index in [0.29, 0.717) is 18.7 Å². The van der Waals surface area contributed by atoms with Crippen LogP contribution >= 0.6 is 11.3 Å². The van der Waals surface area contributed by atoms with Crippen LogP contribution in [0.5, 0.6) is 0 Å². The number of hydrogen-bond acceptors (Lipinski definition) is 3. The Morgan fingerprint density at radius 3 is 2.96 bits per heavy atom. The second kappa shape index (κ2) is 7.28. The largest absolute Gasteiger partial charge is 0.416 e. The van der Waals surface area contributed by atoms with Crippen LogP contribution in [0, 0.1) is 0 Å². The van der Waals surface area contributed by atoms with Crippen LogP contribution in [-0.2, 0) is 29.5 Å². The number of thiophene rings is 1. The summed E-state index contributed by atoms with van der Waals surface area (Å²) in [6.45, 7) is 3.15.